The average molecular weight is 227 g/mol. The topological polar surface area (TPSA) is 71.7 Å². The Kier molecular flexibility index (Phi) is 5.01. The maximum Gasteiger partial charge on any atom is 0.374 e. The largest absolute Gasteiger partial charge is 0.460 e. The van der Waals surface area contributed by atoms with Crippen molar-refractivity contribution in [3.63, 3.8) is 0 Å². The zero-order valence-corrected chi connectivity index (χ0v) is 9.53. The van der Waals surface area contributed by atoms with E-state index in [0.29, 0.717) is 18.9 Å². The van der Waals surface area contributed by atoms with Crippen LogP contribution in [-0.4, -0.2) is 30.3 Å². The fourth-order valence-corrected chi connectivity index (χ4v) is 1.12. The van der Waals surface area contributed by atoms with Crippen molar-refractivity contribution in [2.24, 2.45) is 0 Å². The van der Waals surface area contributed by atoms with Crippen LogP contribution in [0.25, 0.3) is 0 Å². The molecule has 1 aromatic rings. The second kappa shape index (κ2) is 6.30. The summed E-state index contributed by atoms with van der Waals surface area (Å²) >= 11 is 0. The first kappa shape index (κ1) is 12.7. The van der Waals surface area contributed by atoms with Gasteiger partial charge in [0, 0.05) is 6.04 Å². The van der Waals surface area contributed by atoms with Crippen LogP contribution in [0.2, 0.25) is 0 Å². The average Bonchev–Trinajstić information content (AvgIpc) is 2.75. The Morgan fingerprint density at radius 1 is 1.62 bits per heavy atom. The molecule has 0 aliphatic rings. The molecular formula is C11H17NO4. The Morgan fingerprint density at radius 3 is 3.00 bits per heavy atom. The van der Waals surface area contributed by atoms with Gasteiger partial charge in [-0.3, -0.25) is 0 Å². The second-order valence-corrected chi connectivity index (χ2v) is 3.45. The summed E-state index contributed by atoms with van der Waals surface area (Å²) < 4.78 is 10.1. The minimum absolute atomic E-state index is 0.00357. The Bertz CT molecular complexity index is 334. The summed E-state index contributed by atoms with van der Waals surface area (Å²) in [5.41, 5.74) is 0. The Labute approximate surface area is 94.4 Å². The summed E-state index contributed by atoms with van der Waals surface area (Å²) in [6.07, 6.45) is 0. The maximum atomic E-state index is 11.3. The summed E-state index contributed by atoms with van der Waals surface area (Å²) in [7, 11) is 0. The number of aliphatic hydroxyl groups excluding tert-OH is 1. The van der Waals surface area contributed by atoms with E-state index in [1.165, 1.54) is 0 Å². The summed E-state index contributed by atoms with van der Waals surface area (Å²) in [6.45, 7) is 4.46. The predicted molar refractivity (Wildman–Crippen MR) is 58.1 cm³/mol. The highest BCUT2D eigenvalue weighted by molar-refractivity contribution is 5.86. The van der Waals surface area contributed by atoms with Gasteiger partial charge in [0.15, 0.2) is 0 Å². The first-order valence-electron chi connectivity index (χ1n) is 5.27. The number of carbonyl (C=O) groups is 1. The third-order valence-electron chi connectivity index (χ3n) is 2.04. The van der Waals surface area contributed by atoms with Gasteiger partial charge in [0.05, 0.1) is 19.8 Å². The van der Waals surface area contributed by atoms with Crippen LogP contribution >= 0.6 is 0 Å². The molecule has 1 atom stereocenters. The Balaban J connectivity index is 2.48. The minimum Gasteiger partial charge on any atom is -0.460 e. The van der Waals surface area contributed by atoms with Crippen molar-refractivity contribution < 1.29 is 19.1 Å². The predicted octanol–water partition coefficient (Wildman–Crippen LogP) is 0.927. The highest BCUT2D eigenvalue weighted by Gasteiger charge is 2.12. The maximum absolute atomic E-state index is 11.3. The van der Waals surface area contributed by atoms with Gasteiger partial charge in [0.1, 0.15) is 5.76 Å². The van der Waals surface area contributed by atoms with Gasteiger partial charge in [-0.25, -0.2) is 4.79 Å². The van der Waals surface area contributed by atoms with E-state index in [9.17, 15) is 4.79 Å². The molecule has 0 amide bonds. The molecule has 0 saturated heterocycles. The molecule has 16 heavy (non-hydrogen) atoms. The molecule has 0 saturated carbocycles. The molecular weight excluding hydrogens is 210 g/mol. The summed E-state index contributed by atoms with van der Waals surface area (Å²) in [5.74, 6) is 0.391. The lowest BCUT2D eigenvalue weighted by molar-refractivity contribution is 0.0487. The van der Waals surface area contributed by atoms with Gasteiger partial charge >= 0.3 is 5.97 Å². The number of hydrogen-bond acceptors (Lipinski definition) is 5. The van der Waals surface area contributed by atoms with Crippen LogP contribution in [0.15, 0.2) is 16.5 Å². The zero-order valence-electron chi connectivity index (χ0n) is 9.53. The second-order valence-electron chi connectivity index (χ2n) is 3.45. The number of rotatable bonds is 6. The quantitative estimate of drug-likeness (QED) is 0.707. The first-order valence-corrected chi connectivity index (χ1v) is 5.27. The van der Waals surface area contributed by atoms with Crippen molar-refractivity contribution in [1.82, 2.24) is 5.32 Å². The van der Waals surface area contributed by atoms with Crippen molar-refractivity contribution in [3.8, 4) is 0 Å². The van der Waals surface area contributed by atoms with Crippen molar-refractivity contribution in [2.75, 3.05) is 13.2 Å². The smallest absolute Gasteiger partial charge is 0.374 e. The van der Waals surface area contributed by atoms with Gasteiger partial charge in [0.2, 0.25) is 5.76 Å². The van der Waals surface area contributed by atoms with E-state index in [-0.39, 0.29) is 18.4 Å². The molecule has 0 aromatic carbocycles. The van der Waals surface area contributed by atoms with Gasteiger partial charge in [-0.05, 0) is 26.0 Å². The van der Waals surface area contributed by atoms with Gasteiger partial charge in [-0.2, -0.15) is 0 Å². The number of furan rings is 1. The van der Waals surface area contributed by atoms with E-state index >= 15 is 0 Å². The number of nitrogens with one attached hydrogen (secondary N) is 1. The van der Waals surface area contributed by atoms with Crippen LogP contribution in [0.3, 0.4) is 0 Å². The lowest BCUT2D eigenvalue weighted by Gasteiger charge is -2.08. The third kappa shape index (κ3) is 3.67. The van der Waals surface area contributed by atoms with Crippen molar-refractivity contribution in [2.45, 2.75) is 26.4 Å². The van der Waals surface area contributed by atoms with Gasteiger partial charge in [-0.15, -0.1) is 0 Å². The molecule has 2 N–H and O–H groups in total. The lowest BCUT2D eigenvalue weighted by atomic mass is 10.3. The number of aliphatic hydroxyl groups is 1. The normalized spacial score (nSPS) is 12.4. The zero-order chi connectivity index (χ0) is 12.0. The highest BCUT2D eigenvalue weighted by atomic mass is 16.5. The van der Waals surface area contributed by atoms with E-state index in [2.05, 4.69) is 5.32 Å². The van der Waals surface area contributed by atoms with E-state index in [4.69, 9.17) is 14.3 Å². The van der Waals surface area contributed by atoms with Crippen molar-refractivity contribution in [3.05, 3.63) is 23.7 Å². The molecule has 0 spiro atoms. The lowest BCUT2D eigenvalue weighted by Crippen LogP contribution is -2.28. The van der Waals surface area contributed by atoms with Crippen LogP contribution in [0, 0.1) is 0 Å². The Hall–Kier alpha value is -1.33. The molecule has 1 heterocycles. The number of ether oxygens (including phenoxy) is 1. The summed E-state index contributed by atoms with van der Waals surface area (Å²) in [5, 5.41) is 11.8. The fraction of sp³-hybridized carbons (Fsp3) is 0.545. The standard InChI is InChI=1S/C11H17NO4/c1-3-15-11(14)10-5-4-9(16-10)6-12-8(2)7-13/h4-5,8,12-13H,3,6-7H2,1-2H3/t8-/m1/s1. The minimum atomic E-state index is -0.455. The van der Waals surface area contributed by atoms with Gasteiger partial charge < -0.3 is 19.6 Å². The van der Waals surface area contributed by atoms with Crippen molar-refractivity contribution >= 4 is 5.97 Å². The molecule has 0 aliphatic heterocycles. The number of esters is 1. The number of carbonyl (C=O) groups excluding carboxylic acids is 1. The monoisotopic (exact) mass is 227 g/mol. The molecule has 1 rings (SSSR count). The number of hydrogen-bond donors (Lipinski definition) is 2. The highest BCUT2D eigenvalue weighted by Crippen LogP contribution is 2.09. The van der Waals surface area contributed by atoms with Gasteiger partial charge in [0.25, 0.3) is 0 Å². The molecule has 1 aromatic heterocycles. The first-order chi connectivity index (χ1) is 7.67. The van der Waals surface area contributed by atoms with Crippen LogP contribution in [0.4, 0.5) is 0 Å². The van der Waals surface area contributed by atoms with E-state index in [1.54, 1.807) is 19.1 Å². The van der Waals surface area contributed by atoms with E-state index < -0.39 is 5.97 Å². The van der Waals surface area contributed by atoms with Crippen LogP contribution in [0.5, 0.6) is 0 Å². The van der Waals surface area contributed by atoms with Crippen LogP contribution in [0.1, 0.15) is 30.2 Å². The molecule has 5 nitrogen and oxygen atoms in total. The molecule has 0 bridgehead atoms. The van der Waals surface area contributed by atoms with Crippen LogP contribution < -0.4 is 5.32 Å². The molecule has 5 heteroatoms. The molecule has 0 aliphatic carbocycles. The summed E-state index contributed by atoms with van der Waals surface area (Å²) in [4.78, 5) is 11.3. The van der Waals surface area contributed by atoms with E-state index in [0.717, 1.165) is 0 Å². The van der Waals surface area contributed by atoms with Crippen molar-refractivity contribution in [1.29, 1.82) is 0 Å². The van der Waals surface area contributed by atoms with Gasteiger partial charge in [-0.1, -0.05) is 0 Å². The van der Waals surface area contributed by atoms with E-state index in [1.807, 2.05) is 6.92 Å². The molecule has 0 unspecified atom stereocenters. The Morgan fingerprint density at radius 2 is 2.38 bits per heavy atom. The van der Waals surface area contributed by atoms with Crippen LogP contribution in [-0.2, 0) is 11.3 Å². The summed E-state index contributed by atoms with van der Waals surface area (Å²) in [6, 6.07) is 3.29. The molecule has 90 valence electrons. The third-order valence-corrected chi connectivity index (χ3v) is 2.04. The SMILES string of the molecule is CCOC(=O)c1ccc(CN[C@H](C)CO)o1. The molecule has 0 fully saturated rings. The molecule has 0 radical (unpaired) electrons. The fourth-order valence-electron chi connectivity index (χ4n) is 1.12.